The minimum atomic E-state index is -0.868. The first-order valence-corrected chi connectivity index (χ1v) is 10.7. The van der Waals surface area contributed by atoms with Crippen LogP contribution in [-0.4, -0.2) is 24.8 Å². The Morgan fingerprint density at radius 1 is 1.15 bits per heavy atom. The lowest BCUT2D eigenvalue weighted by atomic mass is 10.1. The van der Waals surface area contributed by atoms with Crippen molar-refractivity contribution in [2.45, 2.75) is 13.1 Å². The molecule has 6 nitrogen and oxygen atoms in total. The number of aromatic amines is 2. The smallest absolute Gasteiger partial charge is 0.159 e. The van der Waals surface area contributed by atoms with Crippen LogP contribution in [0.3, 0.4) is 0 Å². The molecule has 4 heterocycles. The number of imidazole rings is 1. The minimum Gasteiger partial charge on any atom is -0.378 e. The van der Waals surface area contributed by atoms with E-state index in [1.807, 2.05) is 41.6 Å². The van der Waals surface area contributed by atoms with Crippen LogP contribution >= 0.6 is 0 Å². The number of hydrogen-bond acceptors (Lipinski definition) is 4. The van der Waals surface area contributed by atoms with E-state index in [2.05, 4.69) is 38.4 Å². The van der Waals surface area contributed by atoms with Gasteiger partial charge >= 0.3 is 0 Å². The van der Waals surface area contributed by atoms with Gasteiger partial charge < -0.3 is 20.2 Å². The summed E-state index contributed by atoms with van der Waals surface area (Å²) < 4.78 is 26.8. The molecule has 0 radical (unpaired) electrons. The van der Waals surface area contributed by atoms with Crippen molar-refractivity contribution >= 4 is 11.0 Å². The molecule has 5 rings (SSSR count). The predicted octanol–water partition coefficient (Wildman–Crippen LogP) is 5.30. The fourth-order valence-electron chi connectivity index (χ4n) is 3.90. The highest BCUT2D eigenvalue weighted by Crippen LogP contribution is 2.27. The van der Waals surface area contributed by atoms with Crippen LogP contribution in [0, 0.1) is 11.6 Å². The van der Waals surface area contributed by atoms with Gasteiger partial charge in [0.15, 0.2) is 11.6 Å². The fourth-order valence-corrected chi connectivity index (χ4v) is 3.90. The van der Waals surface area contributed by atoms with Gasteiger partial charge in [-0.3, -0.25) is 0 Å². The average Bonchev–Trinajstić information content (AvgIpc) is 3.48. The molecule has 3 aromatic heterocycles. The number of halogens is 2. The first kappa shape index (κ1) is 21.4. The molecule has 0 unspecified atom stereocenters. The predicted molar refractivity (Wildman–Crippen MR) is 128 cm³/mol. The Labute approximate surface area is 195 Å². The van der Waals surface area contributed by atoms with Crippen molar-refractivity contribution in [2.24, 2.45) is 0 Å². The zero-order valence-electron chi connectivity index (χ0n) is 18.3. The minimum absolute atomic E-state index is 0.359. The van der Waals surface area contributed by atoms with E-state index in [1.54, 1.807) is 18.5 Å². The maximum atomic E-state index is 13.6. The van der Waals surface area contributed by atoms with Crippen LogP contribution in [0.2, 0.25) is 0 Å². The standard InChI is InChI=1S/C26H22F2N6/c1-16(19-6-4-10-34(17(19)2)15-18-7-8-22(27)23(28)11-18)30-14-25-31-13-24(33-25)21-12-32-26-20(21)5-3-9-29-26/h3-13,30H,1-2,14-15H2,(H,29,32)(H,31,33). The topological polar surface area (TPSA) is 72.6 Å². The Bertz CT molecular complexity index is 1460. The maximum Gasteiger partial charge on any atom is 0.159 e. The van der Waals surface area contributed by atoms with Crippen molar-refractivity contribution in [1.82, 2.24) is 30.2 Å². The van der Waals surface area contributed by atoms with Gasteiger partial charge in [-0.25, -0.2) is 18.7 Å². The number of nitrogens with one attached hydrogen (secondary N) is 3. The summed E-state index contributed by atoms with van der Waals surface area (Å²) in [6.45, 7) is 9.11. The van der Waals surface area contributed by atoms with Gasteiger partial charge in [0, 0.05) is 53.1 Å². The van der Waals surface area contributed by atoms with Gasteiger partial charge in [0.1, 0.15) is 11.5 Å². The van der Waals surface area contributed by atoms with Crippen LogP contribution < -0.4 is 5.32 Å². The van der Waals surface area contributed by atoms with Crippen molar-refractivity contribution in [3.8, 4) is 11.3 Å². The van der Waals surface area contributed by atoms with E-state index in [0.717, 1.165) is 39.8 Å². The number of aromatic nitrogens is 4. The summed E-state index contributed by atoms with van der Waals surface area (Å²) in [6, 6.07) is 7.79. The molecule has 170 valence electrons. The molecule has 0 amide bonds. The number of rotatable bonds is 7. The molecular formula is C26H22F2N6. The molecule has 1 aliphatic rings. The summed E-state index contributed by atoms with van der Waals surface area (Å²) in [6.07, 6.45) is 11.1. The van der Waals surface area contributed by atoms with E-state index in [-0.39, 0.29) is 0 Å². The number of fused-ring (bicyclic) bond motifs is 1. The summed E-state index contributed by atoms with van der Waals surface area (Å²) in [5, 5.41) is 4.31. The number of hydrogen-bond donors (Lipinski definition) is 3. The van der Waals surface area contributed by atoms with Crippen LogP contribution in [0.1, 0.15) is 11.4 Å². The Morgan fingerprint density at radius 2 is 2.03 bits per heavy atom. The first-order valence-electron chi connectivity index (χ1n) is 10.7. The molecule has 1 aromatic carbocycles. The molecule has 0 aliphatic carbocycles. The van der Waals surface area contributed by atoms with E-state index < -0.39 is 11.6 Å². The molecule has 0 spiro atoms. The number of nitrogens with zero attached hydrogens (tertiary/aromatic N) is 3. The molecule has 3 N–H and O–H groups in total. The van der Waals surface area contributed by atoms with E-state index in [4.69, 9.17) is 0 Å². The zero-order chi connectivity index (χ0) is 23.7. The van der Waals surface area contributed by atoms with Gasteiger partial charge in [0.2, 0.25) is 0 Å². The van der Waals surface area contributed by atoms with Gasteiger partial charge in [-0.05, 0) is 42.0 Å². The highest BCUT2D eigenvalue weighted by molar-refractivity contribution is 5.92. The lowest BCUT2D eigenvalue weighted by Crippen LogP contribution is -2.23. The number of benzene rings is 1. The highest BCUT2D eigenvalue weighted by Gasteiger charge is 2.17. The fraction of sp³-hybridized carbons (Fsp3) is 0.0769. The SMILES string of the molecule is C=C(NCc1ncc(-c2c[nH]c3ncccc23)[nH]1)C1=CC=CN(Cc2ccc(F)c(F)c2)C1=C. The third-order valence-electron chi connectivity index (χ3n) is 5.69. The first-order chi connectivity index (χ1) is 16.5. The van der Waals surface area contributed by atoms with Crippen LogP contribution in [-0.2, 0) is 13.1 Å². The molecule has 8 heteroatoms. The lowest BCUT2D eigenvalue weighted by molar-refractivity contribution is 0.457. The molecule has 0 atom stereocenters. The third kappa shape index (κ3) is 4.13. The van der Waals surface area contributed by atoms with Gasteiger partial charge in [-0.1, -0.05) is 19.2 Å². The second-order valence-electron chi connectivity index (χ2n) is 7.92. The van der Waals surface area contributed by atoms with Crippen LogP contribution in [0.5, 0.6) is 0 Å². The van der Waals surface area contributed by atoms with E-state index in [1.165, 1.54) is 6.07 Å². The Balaban J connectivity index is 1.23. The molecule has 1 aliphatic heterocycles. The Hall–Kier alpha value is -4.46. The van der Waals surface area contributed by atoms with Gasteiger partial charge in [0.25, 0.3) is 0 Å². The molecule has 34 heavy (non-hydrogen) atoms. The summed E-state index contributed by atoms with van der Waals surface area (Å²) in [7, 11) is 0. The van der Waals surface area contributed by atoms with Crippen molar-refractivity contribution < 1.29 is 8.78 Å². The van der Waals surface area contributed by atoms with Gasteiger partial charge in [-0.15, -0.1) is 0 Å². The average molecular weight is 457 g/mol. The summed E-state index contributed by atoms with van der Waals surface area (Å²) in [5.41, 5.74) is 5.56. The number of pyridine rings is 1. The molecular weight excluding hydrogens is 434 g/mol. The third-order valence-corrected chi connectivity index (χ3v) is 5.69. The van der Waals surface area contributed by atoms with Crippen LogP contribution in [0.25, 0.3) is 22.3 Å². The number of allylic oxidation sites excluding steroid dienone is 2. The highest BCUT2D eigenvalue weighted by atomic mass is 19.2. The maximum absolute atomic E-state index is 13.6. The quantitative estimate of drug-likeness (QED) is 0.353. The molecule has 0 saturated heterocycles. The monoisotopic (exact) mass is 456 g/mol. The van der Waals surface area contributed by atoms with E-state index in [0.29, 0.717) is 30.0 Å². The van der Waals surface area contributed by atoms with Crippen molar-refractivity contribution in [3.05, 3.63) is 120 Å². The summed E-state index contributed by atoms with van der Waals surface area (Å²) in [5.74, 6) is -0.976. The zero-order valence-corrected chi connectivity index (χ0v) is 18.3. The van der Waals surface area contributed by atoms with Gasteiger partial charge in [-0.2, -0.15) is 0 Å². The molecule has 0 fully saturated rings. The lowest BCUT2D eigenvalue weighted by Gasteiger charge is -2.28. The summed E-state index contributed by atoms with van der Waals surface area (Å²) >= 11 is 0. The Morgan fingerprint density at radius 3 is 2.88 bits per heavy atom. The van der Waals surface area contributed by atoms with Crippen molar-refractivity contribution in [3.63, 3.8) is 0 Å². The van der Waals surface area contributed by atoms with Crippen molar-refractivity contribution in [2.75, 3.05) is 0 Å². The van der Waals surface area contributed by atoms with Crippen LogP contribution in [0.4, 0.5) is 8.78 Å². The normalized spacial score (nSPS) is 13.4. The van der Waals surface area contributed by atoms with Crippen LogP contribution in [0.15, 0.2) is 97.4 Å². The van der Waals surface area contributed by atoms with E-state index in [9.17, 15) is 8.78 Å². The number of H-pyrrole nitrogens is 2. The molecule has 0 bridgehead atoms. The van der Waals surface area contributed by atoms with E-state index >= 15 is 0 Å². The molecule has 0 saturated carbocycles. The molecule has 4 aromatic rings. The van der Waals surface area contributed by atoms with Crippen molar-refractivity contribution in [1.29, 1.82) is 0 Å². The van der Waals surface area contributed by atoms with Gasteiger partial charge in [0.05, 0.1) is 18.4 Å². The second-order valence-corrected chi connectivity index (χ2v) is 7.92. The Kier molecular flexibility index (Phi) is 5.55. The summed E-state index contributed by atoms with van der Waals surface area (Å²) in [4.78, 5) is 17.2. The second kappa shape index (κ2) is 8.82. The largest absolute Gasteiger partial charge is 0.378 e.